The molecule has 6 nitrogen and oxygen atoms in total. The second-order valence-electron chi connectivity index (χ2n) is 4.27. The minimum atomic E-state index is -0.485. The molecule has 0 aliphatic rings. The fraction of sp³-hybridized carbons (Fsp3) is 0.385. The van der Waals surface area contributed by atoms with Crippen LogP contribution in [0.1, 0.15) is 6.92 Å². The summed E-state index contributed by atoms with van der Waals surface area (Å²) < 4.78 is 5.02. The number of anilines is 1. The number of rotatable bonds is 6. The van der Waals surface area contributed by atoms with Crippen LogP contribution in [0.5, 0.6) is 5.75 Å². The van der Waals surface area contributed by atoms with E-state index in [4.69, 9.17) is 10.5 Å². The van der Waals surface area contributed by atoms with E-state index in [0.717, 1.165) is 5.75 Å². The predicted octanol–water partition coefficient (Wildman–Crippen LogP) is 0.439. The first-order valence-corrected chi connectivity index (χ1v) is 5.87. The lowest BCUT2D eigenvalue weighted by molar-refractivity contribution is -0.123. The number of nitrogens with two attached hydrogens (primary N) is 1. The summed E-state index contributed by atoms with van der Waals surface area (Å²) in [6.07, 6.45) is 0. The first-order chi connectivity index (χ1) is 8.93. The molecule has 2 amide bonds. The van der Waals surface area contributed by atoms with E-state index < -0.39 is 11.9 Å². The lowest BCUT2D eigenvalue weighted by Gasteiger charge is -2.21. The van der Waals surface area contributed by atoms with Gasteiger partial charge in [0.25, 0.3) is 0 Å². The Labute approximate surface area is 112 Å². The maximum Gasteiger partial charge on any atom is 0.238 e. The van der Waals surface area contributed by atoms with Crippen molar-refractivity contribution < 1.29 is 14.3 Å². The number of benzene rings is 1. The van der Waals surface area contributed by atoms with E-state index in [1.54, 1.807) is 50.2 Å². The maximum atomic E-state index is 11.8. The van der Waals surface area contributed by atoms with E-state index in [1.165, 1.54) is 0 Å². The smallest absolute Gasteiger partial charge is 0.238 e. The average Bonchev–Trinajstić information content (AvgIpc) is 2.38. The molecule has 0 aromatic heterocycles. The minimum absolute atomic E-state index is 0.0934. The number of carbonyl (C=O) groups is 2. The molecule has 0 aliphatic heterocycles. The molecular weight excluding hydrogens is 246 g/mol. The van der Waals surface area contributed by atoms with Gasteiger partial charge in [0.1, 0.15) is 5.75 Å². The van der Waals surface area contributed by atoms with Gasteiger partial charge in [0.2, 0.25) is 11.8 Å². The zero-order chi connectivity index (χ0) is 14.4. The standard InChI is InChI=1S/C13H19N3O3/c1-9(13(14)18)16(2)8-12(17)15-10-4-6-11(19-3)7-5-10/h4-7,9H,8H2,1-3H3,(H2,14,18)(H,15,17)/t9-/m1/s1. The third-order valence-electron chi connectivity index (χ3n) is 2.84. The van der Waals surface area contributed by atoms with Crippen molar-refractivity contribution in [2.75, 3.05) is 26.0 Å². The Hall–Kier alpha value is -2.08. The zero-order valence-electron chi connectivity index (χ0n) is 11.3. The van der Waals surface area contributed by atoms with Crippen molar-refractivity contribution in [1.29, 1.82) is 0 Å². The van der Waals surface area contributed by atoms with Crippen molar-refractivity contribution in [1.82, 2.24) is 4.90 Å². The van der Waals surface area contributed by atoms with Crippen LogP contribution in [0, 0.1) is 0 Å². The number of nitrogens with zero attached hydrogens (tertiary/aromatic N) is 1. The van der Waals surface area contributed by atoms with Crippen LogP contribution in [0.25, 0.3) is 0 Å². The Morgan fingerprint density at radius 2 is 1.95 bits per heavy atom. The van der Waals surface area contributed by atoms with Gasteiger partial charge in [-0.2, -0.15) is 0 Å². The van der Waals surface area contributed by atoms with Gasteiger partial charge in [0.15, 0.2) is 0 Å². The number of hydrogen-bond donors (Lipinski definition) is 2. The van der Waals surface area contributed by atoms with E-state index in [-0.39, 0.29) is 12.5 Å². The van der Waals surface area contributed by atoms with Crippen molar-refractivity contribution >= 4 is 17.5 Å². The second kappa shape index (κ2) is 6.75. The van der Waals surface area contributed by atoms with Crippen LogP contribution < -0.4 is 15.8 Å². The minimum Gasteiger partial charge on any atom is -0.497 e. The molecule has 0 aliphatic carbocycles. The average molecular weight is 265 g/mol. The SMILES string of the molecule is COc1ccc(NC(=O)CN(C)[C@H](C)C(N)=O)cc1. The first kappa shape index (κ1) is 15.0. The van der Waals surface area contributed by atoms with Gasteiger partial charge in [-0.15, -0.1) is 0 Å². The summed E-state index contributed by atoms with van der Waals surface area (Å²) in [5.74, 6) is 0.0537. The molecule has 19 heavy (non-hydrogen) atoms. The topological polar surface area (TPSA) is 84.7 Å². The molecule has 0 unspecified atom stereocenters. The van der Waals surface area contributed by atoms with Crippen molar-refractivity contribution in [2.24, 2.45) is 5.73 Å². The Balaban J connectivity index is 2.52. The van der Waals surface area contributed by atoms with Gasteiger partial charge in [0, 0.05) is 5.69 Å². The Morgan fingerprint density at radius 1 is 1.37 bits per heavy atom. The molecule has 0 fully saturated rings. The second-order valence-corrected chi connectivity index (χ2v) is 4.27. The Bertz CT molecular complexity index is 445. The summed E-state index contributed by atoms with van der Waals surface area (Å²) in [5.41, 5.74) is 5.84. The molecule has 1 atom stereocenters. The molecule has 3 N–H and O–H groups in total. The van der Waals surface area contributed by atoms with Crippen LogP contribution >= 0.6 is 0 Å². The van der Waals surface area contributed by atoms with E-state index in [1.807, 2.05) is 0 Å². The third kappa shape index (κ3) is 4.59. The molecule has 0 spiro atoms. The van der Waals surface area contributed by atoms with Gasteiger partial charge < -0.3 is 15.8 Å². The molecule has 0 saturated carbocycles. The van der Waals surface area contributed by atoms with Gasteiger partial charge in [0.05, 0.1) is 19.7 Å². The molecule has 1 rings (SSSR count). The first-order valence-electron chi connectivity index (χ1n) is 5.87. The number of nitrogens with one attached hydrogen (secondary N) is 1. The van der Waals surface area contributed by atoms with Crippen molar-refractivity contribution in [2.45, 2.75) is 13.0 Å². The molecule has 1 aromatic carbocycles. The van der Waals surface area contributed by atoms with Crippen LogP contribution in [0.15, 0.2) is 24.3 Å². The maximum absolute atomic E-state index is 11.8. The summed E-state index contributed by atoms with van der Waals surface area (Å²) in [6, 6.07) is 6.51. The van der Waals surface area contributed by atoms with Crippen molar-refractivity contribution in [3.8, 4) is 5.75 Å². The highest BCUT2D eigenvalue weighted by atomic mass is 16.5. The summed E-state index contributed by atoms with van der Waals surface area (Å²) in [5, 5.41) is 2.73. The number of ether oxygens (including phenoxy) is 1. The lowest BCUT2D eigenvalue weighted by atomic mass is 10.2. The van der Waals surface area contributed by atoms with Gasteiger partial charge in [-0.1, -0.05) is 0 Å². The highest BCUT2D eigenvalue weighted by molar-refractivity contribution is 5.92. The molecule has 0 heterocycles. The number of likely N-dealkylation sites (N-methyl/N-ethyl adjacent to an activating group) is 1. The highest BCUT2D eigenvalue weighted by Gasteiger charge is 2.17. The van der Waals surface area contributed by atoms with E-state index in [0.29, 0.717) is 5.69 Å². The van der Waals surface area contributed by atoms with Crippen molar-refractivity contribution in [3.63, 3.8) is 0 Å². The Morgan fingerprint density at radius 3 is 2.42 bits per heavy atom. The molecule has 104 valence electrons. The lowest BCUT2D eigenvalue weighted by Crippen LogP contribution is -2.43. The van der Waals surface area contributed by atoms with Crippen molar-refractivity contribution in [3.05, 3.63) is 24.3 Å². The molecule has 0 bridgehead atoms. The quantitative estimate of drug-likeness (QED) is 0.781. The number of primary amides is 1. The fourth-order valence-corrected chi connectivity index (χ4v) is 1.46. The molecule has 0 saturated heterocycles. The van der Waals surface area contributed by atoms with E-state index in [2.05, 4.69) is 5.32 Å². The van der Waals surface area contributed by atoms with Crippen LogP contribution in [0.2, 0.25) is 0 Å². The number of carbonyl (C=O) groups excluding carboxylic acids is 2. The summed E-state index contributed by atoms with van der Waals surface area (Å²) in [7, 11) is 3.25. The van der Waals surface area contributed by atoms with E-state index in [9.17, 15) is 9.59 Å². The molecule has 0 radical (unpaired) electrons. The van der Waals surface area contributed by atoms with Gasteiger partial charge in [-0.05, 0) is 38.2 Å². The van der Waals surface area contributed by atoms with Gasteiger partial charge in [-0.3, -0.25) is 14.5 Å². The molecule has 6 heteroatoms. The predicted molar refractivity (Wildman–Crippen MR) is 72.9 cm³/mol. The zero-order valence-corrected chi connectivity index (χ0v) is 11.3. The Kier molecular flexibility index (Phi) is 5.32. The third-order valence-corrected chi connectivity index (χ3v) is 2.84. The van der Waals surface area contributed by atoms with Crippen LogP contribution in [0.4, 0.5) is 5.69 Å². The summed E-state index contributed by atoms with van der Waals surface area (Å²) in [4.78, 5) is 24.3. The molecule has 1 aromatic rings. The number of hydrogen-bond acceptors (Lipinski definition) is 4. The monoisotopic (exact) mass is 265 g/mol. The van der Waals surface area contributed by atoms with Gasteiger partial charge >= 0.3 is 0 Å². The normalized spacial score (nSPS) is 12.0. The largest absolute Gasteiger partial charge is 0.497 e. The number of amides is 2. The summed E-state index contributed by atoms with van der Waals surface area (Å²) in [6.45, 7) is 1.75. The van der Waals surface area contributed by atoms with Crippen LogP contribution in [0.3, 0.4) is 0 Å². The number of methoxy groups -OCH3 is 1. The molecular formula is C13H19N3O3. The van der Waals surface area contributed by atoms with Gasteiger partial charge in [-0.25, -0.2) is 0 Å². The van der Waals surface area contributed by atoms with E-state index >= 15 is 0 Å². The summed E-state index contributed by atoms with van der Waals surface area (Å²) >= 11 is 0. The highest BCUT2D eigenvalue weighted by Crippen LogP contribution is 2.14. The fourth-order valence-electron chi connectivity index (χ4n) is 1.46. The van der Waals surface area contributed by atoms with Crippen LogP contribution in [-0.2, 0) is 9.59 Å². The van der Waals surface area contributed by atoms with Crippen LogP contribution in [-0.4, -0.2) is 43.5 Å².